The van der Waals surface area contributed by atoms with Crippen LogP contribution in [0.25, 0.3) is 0 Å². The highest BCUT2D eigenvalue weighted by Crippen LogP contribution is 2.16. The molecule has 2 rings (SSSR count). The number of aromatic amines is 1. The van der Waals surface area contributed by atoms with Gasteiger partial charge in [0.2, 0.25) is 0 Å². The second-order valence-corrected chi connectivity index (χ2v) is 4.33. The fourth-order valence-electron chi connectivity index (χ4n) is 1.74. The lowest BCUT2D eigenvalue weighted by Crippen LogP contribution is -2.12. The van der Waals surface area contributed by atoms with E-state index in [9.17, 15) is 0 Å². The summed E-state index contributed by atoms with van der Waals surface area (Å²) in [6.45, 7) is 1.70. The molecule has 0 spiro atoms. The van der Waals surface area contributed by atoms with Crippen molar-refractivity contribution in [1.82, 2.24) is 15.1 Å². The van der Waals surface area contributed by atoms with Crippen molar-refractivity contribution in [2.45, 2.75) is 13.1 Å². The number of aromatic nitrogens is 2. The van der Waals surface area contributed by atoms with Crippen molar-refractivity contribution in [3.63, 3.8) is 0 Å². The van der Waals surface area contributed by atoms with Gasteiger partial charge in [-0.3, -0.25) is 5.10 Å². The number of hydrogen-bond donors (Lipinski definition) is 2. The molecule has 0 aliphatic rings. The zero-order valence-electron chi connectivity index (χ0n) is 10.3. The van der Waals surface area contributed by atoms with Gasteiger partial charge < -0.3 is 10.2 Å². The minimum Gasteiger partial charge on any atom is -0.379 e. The van der Waals surface area contributed by atoms with E-state index in [0.29, 0.717) is 0 Å². The van der Waals surface area contributed by atoms with E-state index in [-0.39, 0.29) is 0 Å². The van der Waals surface area contributed by atoms with Crippen LogP contribution in [0.5, 0.6) is 0 Å². The first-order chi connectivity index (χ1) is 8.25. The molecular weight excluding hydrogens is 212 g/mol. The molecule has 17 heavy (non-hydrogen) atoms. The van der Waals surface area contributed by atoms with E-state index in [2.05, 4.69) is 58.8 Å². The Morgan fingerprint density at radius 3 is 2.76 bits per heavy atom. The fourth-order valence-corrected chi connectivity index (χ4v) is 1.74. The summed E-state index contributed by atoms with van der Waals surface area (Å²) in [6, 6.07) is 10.3. The van der Waals surface area contributed by atoms with Crippen LogP contribution in [0.3, 0.4) is 0 Å². The van der Waals surface area contributed by atoms with Gasteiger partial charge in [-0.05, 0) is 31.8 Å². The molecule has 0 aliphatic carbocycles. The van der Waals surface area contributed by atoms with Crippen LogP contribution in [0.4, 0.5) is 5.69 Å². The van der Waals surface area contributed by atoms with Crippen LogP contribution in [0.1, 0.15) is 11.3 Å². The van der Waals surface area contributed by atoms with Gasteiger partial charge in [0.1, 0.15) is 0 Å². The Labute approximate surface area is 102 Å². The molecule has 90 valence electrons. The number of para-hydroxylation sites is 1. The monoisotopic (exact) mass is 230 g/mol. The molecule has 0 amide bonds. The number of rotatable bonds is 5. The molecule has 1 aromatic carbocycles. The number of hydrogen-bond acceptors (Lipinski definition) is 3. The number of anilines is 1. The summed E-state index contributed by atoms with van der Waals surface area (Å²) in [6.07, 6.45) is 1.77. The summed E-state index contributed by atoms with van der Waals surface area (Å²) in [4.78, 5) is 2.16. The summed E-state index contributed by atoms with van der Waals surface area (Å²) < 4.78 is 0. The van der Waals surface area contributed by atoms with Crippen molar-refractivity contribution in [3.05, 3.63) is 47.8 Å². The molecule has 0 unspecified atom stereocenters. The summed E-state index contributed by atoms with van der Waals surface area (Å²) in [5, 5.41) is 10.3. The molecule has 0 fully saturated rings. The minimum absolute atomic E-state index is 0.768. The smallest absolute Gasteiger partial charge is 0.0567 e. The lowest BCUT2D eigenvalue weighted by Gasteiger charge is -2.15. The Bertz CT molecular complexity index is 448. The van der Waals surface area contributed by atoms with Crippen molar-refractivity contribution in [1.29, 1.82) is 0 Å². The second-order valence-electron chi connectivity index (χ2n) is 4.33. The molecule has 0 saturated heterocycles. The largest absolute Gasteiger partial charge is 0.379 e. The van der Waals surface area contributed by atoms with Gasteiger partial charge in [-0.15, -0.1) is 0 Å². The van der Waals surface area contributed by atoms with E-state index in [1.54, 1.807) is 6.20 Å². The van der Waals surface area contributed by atoms with Gasteiger partial charge in [-0.2, -0.15) is 5.10 Å². The van der Waals surface area contributed by atoms with Gasteiger partial charge >= 0.3 is 0 Å². The molecule has 0 atom stereocenters. The van der Waals surface area contributed by atoms with Gasteiger partial charge in [-0.1, -0.05) is 18.2 Å². The highest BCUT2D eigenvalue weighted by Gasteiger charge is 2.02. The van der Waals surface area contributed by atoms with Crippen LogP contribution >= 0.6 is 0 Å². The molecule has 1 heterocycles. The first-order valence-electron chi connectivity index (χ1n) is 5.70. The average Bonchev–Trinajstić information content (AvgIpc) is 2.80. The molecule has 1 aromatic heterocycles. The van der Waals surface area contributed by atoms with Crippen molar-refractivity contribution in [2.75, 3.05) is 19.4 Å². The fraction of sp³-hybridized carbons (Fsp3) is 0.308. The van der Waals surface area contributed by atoms with E-state index in [1.165, 1.54) is 11.3 Å². The highest BCUT2D eigenvalue weighted by atomic mass is 15.1. The first kappa shape index (κ1) is 11.7. The maximum atomic E-state index is 3.93. The molecule has 0 aliphatic heterocycles. The predicted octanol–water partition coefficient (Wildman–Crippen LogP) is 2.08. The Balaban J connectivity index is 2.04. The lowest BCUT2D eigenvalue weighted by atomic mass is 10.1. The van der Waals surface area contributed by atoms with Gasteiger partial charge in [0.15, 0.2) is 0 Å². The van der Waals surface area contributed by atoms with E-state index in [4.69, 9.17) is 0 Å². The molecule has 0 bridgehead atoms. The summed E-state index contributed by atoms with van der Waals surface area (Å²) >= 11 is 0. The van der Waals surface area contributed by atoms with Crippen molar-refractivity contribution in [2.24, 2.45) is 0 Å². The summed E-state index contributed by atoms with van der Waals surface area (Å²) in [5.41, 5.74) is 3.57. The quantitative estimate of drug-likeness (QED) is 0.826. The van der Waals surface area contributed by atoms with E-state index >= 15 is 0 Å². The first-order valence-corrected chi connectivity index (χ1v) is 5.70. The van der Waals surface area contributed by atoms with E-state index in [0.717, 1.165) is 18.8 Å². The third-order valence-electron chi connectivity index (χ3n) is 2.53. The third kappa shape index (κ3) is 3.32. The van der Waals surface area contributed by atoms with Gasteiger partial charge in [0.05, 0.1) is 12.2 Å². The van der Waals surface area contributed by atoms with Crippen LogP contribution in [-0.2, 0) is 13.1 Å². The number of benzene rings is 1. The van der Waals surface area contributed by atoms with Crippen molar-refractivity contribution < 1.29 is 0 Å². The molecule has 4 nitrogen and oxygen atoms in total. The number of H-pyrrole nitrogens is 1. The molecule has 0 radical (unpaired) electrons. The number of nitrogens with one attached hydrogen (secondary N) is 2. The molecule has 2 N–H and O–H groups in total. The summed E-state index contributed by atoms with van der Waals surface area (Å²) in [5.74, 6) is 0. The normalized spacial score (nSPS) is 10.8. The molecule has 2 aromatic rings. The predicted molar refractivity (Wildman–Crippen MR) is 69.7 cm³/mol. The van der Waals surface area contributed by atoms with Crippen LogP contribution in [-0.4, -0.2) is 29.2 Å². The van der Waals surface area contributed by atoms with Crippen molar-refractivity contribution >= 4 is 5.69 Å². The standard InChI is InChI=1S/C13H18N4/c1-17(2)10-11-5-3-4-6-13(11)14-9-12-7-8-15-16-12/h3-8,14H,9-10H2,1-2H3,(H,15,16). The maximum absolute atomic E-state index is 3.93. The van der Waals surface area contributed by atoms with Gasteiger partial charge in [0.25, 0.3) is 0 Å². The maximum Gasteiger partial charge on any atom is 0.0567 e. The van der Waals surface area contributed by atoms with Gasteiger partial charge in [-0.25, -0.2) is 0 Å². The lowest BCUT2D eigenvalue weighted by molar-refractivity contribution is 0.403. The van der Waals surface area contributed by atoms with Crippen LogP contribution in [0.15, 0.2) is 36.5 Å². The Kier molecular flexibility index (Phi) is 3.77. The summed E-state index contributed by atoms with van der Waals surface area (Å²) in [7, 11) is 4.15. The van der Waals surface area contributed by atoms with Crippen molar-refractivity contribution in [3.8, 4) is 0 Å². The molecular formula is C13H18N4. The average molecular weight is 230 g/mol. The van der Waals surface area contributed by atoms with Crippen LogP contribution in [0.2, 0.25) is 0 Å². The van der Waals surface area contributed by atoms with Crippen LogP contribution in [0, 0.1) is 0 Å². The minimum atomic E-state index is 0.768. The SMILES string of the molecule is CN(C)Cc1ccccc1NCc1ccn[nH]1. The second kappa shape index (κ2) is 5.50. The Morgan fingerprint density at radius 2 is 2.06 bits per heavy atom. The van der Waals surface area contributed by atoms with E-state index in [1.807, 2.05) is 6.07 Å². The van der Waals surface area contributed by atoms with Crippen LogP contribution < -0.4 is 5.32 Å². The zero-order chi connectivity index (χ0) is 12.1. The topological polar surface area (TPSA) is 44.0 Å². The zero-order valence-corrected chi connectivity index (χ0v) is 10.3. The molecule has 0 saturated carbocycles. The highest BCUT2D eigenvalue weighted by molar-refractivity contribution is 5.51. The third-order valence-corrected chi connectivity index (χ3v) is 2.53. The Hall–Kier alpha value is -1.81. The number of nitrogens with zero attached hydrogens (tertiary/aromatic N) is 2. The molecule has 4 heteroatoms. The van der Waals surface area contributed by atoms with Gasteiger partial charge in [0, 0.05) is 18.4 Å². The Morgan fingerprint density at radius 1 is 1.24 bits per heavy atom. The van der Waals surface area contributed by atoms with E-state index < -0.39 is 0 Å².